The average Bonchev–Trinajstić information content (AvgIpc) is 2.64. The molecule has 0 aromatic heterocycles. The zero-order chi connectivity index (χ0) is 23.0. The Morgan fingerprint density at radius 3 is 2.27 bits per heavy atom. The molecule has 0 saturated carbocycles. The molecule has 0 radical (unpaired) electrons. The molecule has 0 heterocycles. The number of hydrogen-bond acceptors (Lipinski definition) is 5. The van der Waals surface area contributed by atoms with E-state index >= 15 is 0 Å². The molecule has 1 aliphatic rings. The number of allylic oxidation sites excluding steroid dienone is 1. The molecular weight excluding hydrogens is 396 g/mol. The monoisotopic (exact) mass is 432 g/mol. The number of carbonyl (C=O) groups is 2. The van der Waals surface area contributed by atoms with Gasteiger partial charge in [-0.2, -0.15) is 0 Å². The molecule has 0 amide bonds. The third-order valence-corrected chi connectivity index (χ3v) is 11.6. The molecule has 30 heavy (non-hydrogen) atoms. The Kier molecular flexibility index (Phi) is 6.86. The van der Waals surface area contributed by atoms with Crippen molar-refractivity contribution in [2.75, 3.05) is 13.2 Å². The van der Waals surface area contributed by atoms with E-state index < -0.39 is 25.3 Å². The molecule has 1 atom stereocenters. The fraction of sp³-hybridized carbons (Fsp3) is 0.583. The van der Waals surface area contributed by atoms with Crippen molar-refractivity contribution in [1.82, 2.24) is 0 Å². The summed E-state index contributed by atoms with van der Waals surface area (Å²) in [6, 6.07) is 8.64. The molecule has 1 aromatic carbocycles. The average molecular weight is 433 g/mol. The van der Waals surface area contributed by atoms with E-state index in [1.807, 2.05) is 19.9 Å². The molecule has 0 spiro atoms. The number of aliphatic hydroxyl groups is 1. The standard InChI is InChI=1S/C24H36O5Si/c1-17-19(15-29-30(7,8)22(2,3)4)23(5,6)24(27,14-20(17)25)16-28-21(26)18-12-10-9-11-13-18/h9-13,27H,14-16H2,1-8H3/t24-/m1/s1. The number of carbonyl (C=O) groups excluding carboxylic acids is 2. The van der Waals surface area contributed by atoms with Crippen molar-refractivity contribution in [3.8, 4) is 0 Å². The van der Waals surface area contributed by atoms with Gasteiger partial charge in [0.15, 0.2) is 14.1 Å². The molecule has 2 rings (SSSR count). The molecule has 1 N–H and O–H groups in total. The van der Waals surface area contributed by atoms with E-state index in [1.165, 1.54) is 0 Å². The van der Waals surface area contributed by atoms with Crippen LogP contribution in [0.5, 0.6) is 0 Å². The highest BCUT2D eigenvalue weighted by atomic mass is 28.4. The fourth-order valence-electron chi connectivity index (χ4n) is 3.37. The summed E-state index contributed by atoms with van der Waals surface area (Å²) in [5.74, 6) is -0.654. The molecule has 0 unspecified atom stereocenters. The largest absolute Gasteiger partial charge is 0.459 e. The Morgan fingerprint density at radius 2 is 1.73 bits per heavy atom. The summed E-state index contributed by atoms with van der Waals surface area (Å²) in [5.41, 5.74) is -0.460. The highest BCUT2D eigenvalue weighted by molar-refractivity contribution is 6.74. The summed E-state index contributed by atoms with van der Waals surface area (Å²) in [5, 5.41) is 11.5. The van der Waals surface area contributed by atoms with E-state index in [1.54, 1.807) is 31.2 Å². The van der Waals surface area contributed by atoms with Crippen molar-refractivity contribution >= 4 is 20.1 Å². The Hall–Kier alpha value is -1.76. The SMILES string of the molecule is CC1=C(CO[Si](C)(C)C(C)(C)C)C(C)(C)[C@](O)(COC(=O)c2ccccc2)CC1=O. The minimum atomic E-state index is -2.04. The van der Waals surface area contributed by atoms with Crippen LogP contribution in [-0.2, 0) is 14.0 Å². The van der Waals surface area contributed by atoms with Gasteiger partial charge in [0.25, 0.3) is 0 Å². The minimum absolute atomic E-state index is 0.0335. The summed E-state index contributed by atoms with van der Waals surface area (Å²) >= 11 is 0. The molecule has 0 fully saturated rings. The van der Waals surface area contributed by atoms with Gasteiger partial charge >= 0.3 is 5.97 Å². The van der Waals surface area contributed by atoms with Crippen molar-refractivity contribution in [2.45, 2.75) is 71.7 Å². The van der Waals surface area contributed by atoms with E-state index in [2.05, 4.69) is 33.9 Å². The van der Waals surface area contributed by atoms with Gasteiger partial charge in [-0.1, -0.05) is 52.8 Å². The maximum atomic E-state index is 12.7. The predicted octanol–water partition coefficient (Wildman–Crippen LogP) is 4.91. The van der Waals surface area contributed by atoms with Crippen molar-refractivity contribution in [1.29, 1.82) is 0 Å². The topological polar surface area (TPSA) is 72.8 Å². The lowest BCUT2D eigenvalue weighted by molar-refractivity contribution is -0.137. The van der Waals surface area contributed by atoms with Crippen molar-refractivity contribution in [3.05, 3.63) is 47.0 Å². The number of esters is 1. The van der Waals surface area contributed by atoms with E-state index in [0.29, 0.717) is 11.1 Å². The third kappa shape index (κ3) is 4.76. The predicted molar refractivity (Wildman–Crippen MR) is 121 cm³/mol. The quantitative estimate of drug-likeness (QED) is 0.511. The third-order valence-electron chi connectivity index (χ3n) is 7.08. The van der Waals surface area contributed by atoms with E-state index in [4.69, 9.17) is 9.16 Å². The second kappa shape index (κ2) is 8.40. The number of benzene rings is 1. The first-order chi connectivity index (χ1) is 13.6. The van der Waals surface area contributed by atoms with Crippen LogP contribution < -0.4 is 0 Å². The molecule has 5 nitrogen and oxygen atoms in total. The smallest absolute Gasteiger partial charge is 0.338 e. The summed E-state index contributed by atoms with van der Waals surface area (Å²) in [4.78, 5) is 25.1. The number of rotatable bonds is 6. The van der Waals surface area contributed by atoms with E-state index in [0.717, 1.165) is 5.57 Å². The van der Waals surface area contributed by atoms with Gasteiger partial charge in [0.2, 0.25) is 0 Å². The van der Waals surface area contributed by atoms with Gasteiger partial charge in [-0.05, 0) is 48.3 Å². The van der Waals surface area contributed by atoms with E-state index in [9.17, 15) is 14.7 Å². The minimum Gasteiger partial charge on any atom is -0.459 e. The number of ketones is 1. The van der Waals surface area contributed by atoms with Crippen LogP contribution in [0, 0.1) is 5.41 Å². The first-order valence-corrected chi connectivity index (χ1v) is 13.4. The van der Waals surface area contributed by atoms with Gasteiger partial charge in [0, 0.05) is 11.8 Å². The molecule has 0 saturated heterocycles. The molecule has 1 aliphatic carbocycles. The molecule has 0 aliphatic heterocycles. The summed E-state index contributed by atoms with van der Waals surface area (Å²) in [6.45, 7) is 16.4. The van der Waals surface area contributed by atoms with Gasteiger partial charge in [-0.3, -0.25) is 4.79 Å². The fourth-order valence-corrected chi connectivity index (χ4v) is 4.31. The van der Waals surface area contributed by atoms with Crippen LogP contribution in [0.4, 0.5) is 0 Å². The van der Waals surface area contributed by atoms with Crippen LogP contribution >= 0.6 is 0 Å². The molecular formula is C24H36O5Si. The lowest BCUT2D eigenvalue weighted by Crippen LogP contribution is -2.55. The molecule has 0 bridgehead atoms. The summed E-state index contributed by atoms with van der Waals surface area (Å²) in [6.07, 6.45) is -0.0858. The Morgan fingerprint density at radius 1 is 1.17 bits per heavy atom. The Labute approximate surface area is 181 Å². The lowest BCUT2D eigenvalue weighted by atomic mass is 9.62. The van der Waals surface area contributed by atoms with Crippen molar-refractivity contribution < 1.29 is 23.9 Å². The van der Waals surface area contributed by atoms with Crippen LogP contribution in [0.3, 0.4) is 0 Å². The van der Waals surface area contributed by atoms with Crippen LogP contribution in [0.1, 0.15) is 58.3 Å². The first-order valence-electron chi connectivity index (χ1n) is 10.4. The second-order valence-electron chi connectivity index (χ2n) is 10.4. The molecule has 166 valence electrons. The Bertz CT molecular complexity index is 833. The Balaban J connectivity index is 2.24. The van der Waals surface area contributed by atoms with E-state index in [-0.39, 0.29) is 30.5 Å². The van der Waals surface area contributed by atoms with Crippen LogP contribution in [0.2, 0.25) is 18.1 Å². The second-order valence-corrected chi connectivity index (χ2v) is 15.2. The highest BCUT2D eigenvalue weighted by Gasteiger charge is 2.53. The van der Waals surface area contributed by atoms with Crippen molar-refractivity contribution in [2.24, 2.45) is 5.41 Å². The first kappa shape index (κ1) is 24.5. The zero-order valence-electron chi connectivity index (χ0n) is 19.6. The molecule has 6 heteroatoms. The number of hydrogen-bond donors (Lipinski definition) is 1. The maximum absolute atomic E-state index is 12.7. The van der Waals surface area contributed by atoms with Gasteiger partial charge in [0.05, 0.1) is 12.2 Å². The van der Waals surface area contributed by atoms with Gasteiger partial charge in [-0.15, -0.1) is 0 Å². The summed E-state index contributed by atoms with van der Waals surface area (Å²) < 4.78 is 11.8. The van der Waals surface area contributed by atoms with Gasteiger partial charge < -0.3 is 14.3 Å². The van der Waals surface area contributed by atoms with Crippen LogP contribution in [0.15, 0.2) is 41.5 Å². The van der Waals surface area contributed by atoms with Gasteiger partial charge in [0.1, 0.15) is 12.2 Å². The van der Waals surface area contributed by atoms with Crippen molar-refractivity contribution in [3.63, 3.8) is 0 Å². The number of Topliss-reactive ketones (excluding diaryl/α,β-unsaturated/α-hetero) is 1. The number of ether oxygens (including phenoxy) is 1. The summed E-state index contributed by atoms with van der Waals surface area (Å²) in [7, 11) is -2.04. The van der Waals surface area contributed by atoms with Crippen LogP contribution in [-0.4, -0.2) is 44.0 Å². The van der Waals surface area contributed by atoms with Gasteiger partial charge in [-0.25, -0.2) is 4.79 Å². The molecule has 1 aromatic rings. The lowest BCUT2D eigenvalue weighted by Gasteiger charge is -2.48. The zero-order valence-corrected chi connectivity index (χ0v) is 20.6. The van der Waals surface area contributed by atoms with Crippen LogP contribution in [0.25, 0.3) is 0 Å². The highest BCUT2D eigenvalue weighted by Crippen LogP contribution is 2.47. The maximum Gasteiger partial charge on any atom is 0.338 e. The normalized spacial score (nSPS) is 22.2.